The highest BCUT2D eigenvalue weighted by Gasteiger charge is 2.29. The molecule has 44 heavy (non-hydrogen) atoms. The van der Waals surface area contributed by atoms with Crippen LogP contribution in [0.25, 0.3) is 39.3 Å². The number of anilines is 1. The van der Waals surface area contributed by atoms with Crippen LogP contribution >= 0.6 is 0 Å². The van der Waals surface area contributed by atoms with Crippen LogP contribution < -0.4 is 4.90 Å². The van der Waals surface area contributed by atoms with Crippen molar-refractivity contribution in [2.75, 3.05) is 11.4 Å². The third-order valence-electron chi connectivity index (χ3n) is 8.38. The molecule has 1 amide bonds. The highest BCUT2D eigenvalue weighted by Crippen LogP contribution is 2.42. The highest BCUT2D eigenvalue weighted by molar-refractivity contribution is 6.06. The van der Waals surface area contributed by atoms with E-state index in [1.165, 1.54) is 18.4 Å². The van der Waals surface area contributed by atoms with Gasteiger partial charge in [0.05, 0.1) is 29.0 Å². The second-order valence-electron chi connectivity index (χ2n) is 11.9. The second kappa shape index (κ2) is 11.5. The number of nitrogens with zero attached hydrogens (tertiary/aromatic N) is 8. The number of allylic oxidation sites excluding steroid dienone is 1. The fourth-order valence-electron chi connectivity index (χ4n) is 5.99. The topological polar surface area (TPSA) is 110 Å². The third kappa shape index (κ3) is 5.22. The summed E-state index contributed by atoms with van der Waals surface area (Å²) in [5.74, 6) is 2.26. The Bertz CT molecular complexity index is 1950. The van der Waals surface area contributed by atoms with Crippen molar-refractivity contribution in [3.63, 3.8) is 0 Å². The largest absolute Gasteiger partial charge is 0.337 e. The molecule has 1 N–H and O–H groups in total. The maximum atomic E-state index is 12.1. The minimum absolute atomic E-state index is 0.0177. The lowest BCUT2D eigenvalue weighted by atomic mass is 9.98. The van der Waals surface area contributed by atoms with Crippen molar-refractivity contribution in [1.29, 1.82) is 0 Å². The van der Waals surface area contributed by atoms with Crippen molar-refractivity contribution in [3.05, 3.63) is 58.9 Å². The Kier molecular flexibility index (Phi) is 7.69. The van der Waals surface area contributed by atoms with Crippen LogP contribution in [-0.2, 0) is 18.4 Å². The number of hydrogen-bond acceptors (Lipinski definition) is 6. The number of aryl methyl sites for hydroxylation is 1. The van der Waals surface area contributed by atoms with E-state index in [1.807, 2.05) is 48.6 Å². The lowest BCUT2D eigenvalue weighted by molar-refractivity contribution is -0.116. The van der Waals surface area contributed by atoms with E-state index in [9.17, 15) is 4.79 Å². The van der Waals surface area contributed by atoms with Gasteiger partial charge in [0.1, 0.15) is 11.5 Å². The average molecular weight is 592 g/mol. The number of hydrogen-bond donors (Lipinski definition) is 1. The third-order valence-corrected chi connectivity index (χ3v) is 8.38. The minimum Gasteiger partial charge on any atom is -0.337 e. The van der Waals surface area contributed by atoms with Crippen LogP contribution in [0.2, 0.25) is 0 Å². The maximum absolute atomic E-state index is 12.1. The van der Waals surface area contributed by atoms with Crippen molar-refractivity contribution in [1.82, 2.24) is 34.5 Å². The molecule has 1 aliphatic heterocycles. The molecule has 0 atom stereocenters. The summed E-state index contributed by atoms with van der Waals surface area (Å²) in [6.45, 7) is 15.5. The zero-order chi connectivity index (χ0) is 31.3. The summed E-state index contributed by atoms with van der Waals surface area (Å²) in [5, 5.41) is 10.3. The molecule has 0 saturated heterocycles. The van der Waals surface area contributed by atoms with Gasteiger partial charge in [0, 0.05) is 55.0 Å². The van der Waals surface area contributed by atoms with Gasteiger partial charge in [-0.2, -0.15) is 10.2 Å². The van der Waals surface area contributed by atoms with Crippen molar-refractivity contribution in [2.45, 2.75) is 73.8 Å². The van der Waals surface area contributed by atoms with Gasteiger partial charge in [-0.3, -0.25) is 19.4 Å². The molecule has 5 aromatic rings. The number of benzene rings is 1. The number of H-pyrrole nitrogens is 1. The summed E-state index contributed by atoms with van der Waals surface area (Å²) in [7, 11) is 1.92. The van der Waals surface area contributed by atoms with E-state index in [1.54, 1.807) is 11.8 Å². The van der Waals surface area contributed by atoms with E-state index in [-0.39, 0.29) is 11.8 Å². The molecule has 0 spiro atoms. The number of aromatic nitrogens is 7. The number of aliphatic imine (C=N–C) groups is 1. The summed E-state index contributed by atoms with van der Waals surface area (Å²) in [6.07, 6.45) is 4.36. The molecule has 10 nitrogen and oxygen atoms in total. The second-order valence-corrected chi connectivity index (χ2v) is 11.9. The van der Waals surface area contributed by atoms with Gasteiger partial charge in [0.25, 0.3) is 0 Å². The fourth-order valence-corrected chi connectivity index (χ4v) is 5.99. The molecule has 0 unspecified atom stereocenters. The van der Waals surface area contributed by atoms with Crippen molar-refractivity contribution < 1.29 is 4.79 Å². The number of fused-ring (bicyclic) bond motifs is 3. The number of carbonyl (C=O) groups excluding carboxylic acids is 1. The first-order valence-electron chi connectivity index (χ1n) is 15.6. The van der Waals surface area contributed by atoms with E-state index in [4.69, 9.17) is 20.1 Å². The van der Waals surface area contributed by atoms with Crippen LogP contribution in [0.4, 0.5) is 5.82 Å². The first-order valence-corrected chi connectivity index (χ1v) is 15.6. The quantitative estimate of drug-likeness (QED) is 0.217. The normalized spacial score (nSPS) is 15.6. The van der Waals surface area contributed by atoms with E-state index in [0.717, 1.165) is 61.8 Å². The molecule has 0 radical (unpaired) electrons. The van der Waals surface area contributed by atoms with Crippen LogP contribution in [-0.4, -0.2) is 52.7 Å². The van der Waals surface area contributed by atoms with Crippen LogP contribution in [0.1, 0.15) is 84.0 Å². The van der Waals surface area contributed by atoms with Gasteiger partial charge in [-0.15, -0.1) is 0 Å². The molecule has 228 valence electrons. The van der Waals surface area contributed by atoms with Gasteiger partial charge in [-0.05, 0) is 56.2 Å². The predicted molar refractivity (Wildman–Crippen MR) is 177 cm³/mol. The number of imidazole rings is 1. The summed E-state index contributed by atoms with van der Waals surface area (Å²) < 4.78 is 3.68. The Morgan fingerprint density at radius 3 is 2.50 bits per heavy atom. The lowest BCUT2D eigenvalue weighted by Gasteiger charge is -2.14. The smallest absolute Gasteiger partial charge is 0.225 e. The van der Waals surface area contributed by atoms with Crippen molar-refractivity contribution >= 4 is 45.2 Å². The first kappa shape index (κ1) is 29.5. The zero-order valence-corrected chi connectivity index (χ0v) is 26.9. The first-order chi connectivity index (χ1) is 21.2. The number of aromatic amines is 1. The van der Waals surface area contributed by atoms with Gasteiger partial charge < -0.3 is 4.98 Å². The highest BCUT2D eigenvalue weighted by atomic mass is 16.2. The van der Waals surface area contributed by atoms with Crippen LogP contribution in [0.15, 0.2) is 47.1 Å². The summed E-state index contributed by atoms with van der Waals surface area (Å²) in [6, 6.07) is 10.3. The summed E-state index contributed by atoms with van der Waals surface area (Å²) in [5.41, 5.74) is 9.48. The Hall–Kier alpha value is -4.60. The molecule has 4 aromatic heterocycles. The molecule has 0 bridgehead atoms. The molecular formula is C34H41N9O. The molecule has 1 aromatic carbocycles. The molecule has 10 heteroatoms. The van der Waals surface area contributed by atoms with Gasteiger partial charge in [-0.25, -0.2) is 14.6 Å². The van der Waals surface area contributed by atoms with E-state index in [2.05, 4.69) is 56.0 Å². The SMILES string of the molecule is CC.CC(=O)N1CCn2nc(-c3nc4c(/C(N=C(C)c5cc6cn(C)nc6nc5C(C)C)=C(/C)C5CC5)cccc4[nH]3)cc21. The van der Waals surface area contributed by atoms with E-state index < -0.39 is 0 Å². The monoisotopic (exact) mass is 591 g/mol. The Morgan fingerprint density at radius 2 is 1.80 bits per heavy atom. The van der Waals surface area contributed by atoms with Crippen LogP contribution in [0.5, 0.6) is 0 Å². The molecule has 1 saturated carbocycles. The fraction of sp³-hybridized carbons (Fsp3) is 0.412. The van der Waals surface area contributed by atoms with Gasteiger partial charge in [-0.1, -0.05) is 39.8 Å². The van der Waals surface area contributed by atoms with Crippen molar-refractivity contribution in [2.24, 2.45) is 18.0 Å². The van der Waals surface area contributed by atoms with E-state index in [0.29, 0.717) is 24.8 Å². The molecule has 7 rings (SSSR count). The molecular weight excluding hydrogens is 550 g/mol. The standard InChI is InChI=1S/C32H35N9O.C2H6/c1-17(2)28-24(14-22-16-39(6)38-31(22)35-28)19(4)33-29(18(3)21-10-11-21)23-8-7-9-25-30(23)36-32(34-25)26-15-27-40(20(5)42)12-13-41(27)37-26;1-2/h7-9,14-17,21H,10-13H2,1-6H3,(H,34,36);1-2H3/b29-18+,33-19?;. The number of rotatable bonds is 6. The number of para-hydroxylation sites is 1. The molecule has 5 heterocycles. The van der Waals surface area contributed by atoms with Crippen molar-refractivity contribution in [3.8, 4) is 11.5 Å². The predicted octanol–water partition coefficient (Wildman–Crippen LogP) is 6.87. The van der Waals surface area contributed by atoms with Gasteiger partial charge in [0.15, 0.2) is 11.5 Å². The number of pyridine rings is 1. The summed E-state index contributed by atoms with van der Waals surface area (Å²) in [4.78, 5) is 32.7. The zero-order valence-electron chi connectivity index (χ0n) is 26.9. The molecule has 1 fully saturated rings. The van der Waals surface area contributed by atoms with Crippen LogP contribution in [0, 0.1) is 5.92 Å². The maximum Gasteiger partial charge on any atom is 0.225 e. The molecule has 1 aliphatic carbocycles. The Balaban J connectivity index is 0.00000168. The summed E-state index contributed by atoms with van der Waals surface area (Å²) >= 11 is 0. The number of amides is 1. The average Bonchev–Trinajstić information content (AvgIpc) is 3.29. The lowest BCUT2D eigenvalue weighted by Crippen LogP contribution is -2.25. The van der Waals surface area contributed by atoms with E-state index >= 15 is 0 Å². The minimum atomic E-state index is 0.0177. The Labute approximate surface area is 257 Å². The molecule has 2 aliphatic rings. The van der Waals surface area contributed by atoms with Gasteiger partial charge in [0.2, 0.25) is 5.91 Å². The number of carbonyl (C=O) groups is 1. The van der Waals surface area contributed by atoms with Crippen LogP contribution in [0.3, 0.4) is 0 Å². The number of nitrogens with one attached hydrogen (secondary N) is 1. The Morgan fingerprint density at radius 1 is 1.02 bits per heavy atom. The van der Waals surface area contributed by atoms with Gasteiger partial charge >= 0.3 is 0 Å².